The number of β-amino-alcohol motifs (C(OH)–C–C–N with tert-alkyl or cyclic N) is 1. The number of benzene rings is 1. The monoisotopic (exact) mass is 302 g/mol. The summed E-state index contributed by atoms with van der Waals surface area (Å²) < 4.78 is 38.2. The Kier molecular flexibility index (Phi) is 4.49. The normalized spacial score (nSPS) is 18.1. The van der Waals surface area contributed by atoms with Gasteiger partial charge in [-0.2, -0.15) is 13.2 Å². The topological polar surface area (TPSA) is 26.7 Å². The van der Waals surface area contributed by atoms with Crippen LogP contribution < -0.4 is 4.90 Å². The molecule has 1 heterocycles. The van der Waals surface area contributed by atoms with Crippen molar-refractivity contribution in [3.63, 3.8) is 0 Å². The van der Waals surface area contributed by atoms with Crippen LogP contribution in [-0.4, -0.2) is 48.3 Å². The second kappa shape index (κ2) is 5.85. The number of halogens is 3. The number of anilines is 1. The molecule has 0 radical (unpaired) electrons. The molecule has 1 fully saturated rings. The van der Waals surface area contributed by atoms with E-state index in [-0.39, 0.29) is 0 Å². The van der Waals surface area contributed by atoms with Crippen molar-refractivity contribution in [3.8, 4) is 0 Å². The van der Waals surface area contributed by atoms with Gasteiger partial charge in [0.05, 0.1) is 11.2 Å². The van der Waals surface area contributed by atoms with Crippen molar-refractivity contribution in [1.29, 1.82) is 0 Å². The summed E-state index contributed by atoms with van der Waals surface area (Å²) in [5.74, 6) is 0. The second-order valence-electron chi connectivity index (χ2n) is 6.12. The quantitative estimate of drug-likeness (QED) is 0.930. The molecule has 1 aliphatic heterocycles. The third-order valence-electron chi connectivity index (χ3n) is 3.52. The van der Waals surface area contributed by atoms with E-state index in [1.54, 1.807) is 19.9 Å². The zero-order valence-corrected chi connectivity index (χ0v) is 12.3. The molecule has 0 aromatic heterocycles. The largest absolute Gasteiger partial charge is 0.416 e. The Hall–Kier alpha value is -1.27. The average Bonchev–Trinajstić information content (AvgIpc) is 2.37. The molecular formula is C15H21F3N2O. The Labute approximate surface area is 123 Å². The molecule has 0 atom stereocenters. The first-order valence-corrected chi connectivity index (χ1v) is 7.02. The van der Waals surface area contributed by atoms with Crippen molar-refractivity contribution in [2.75, 3.05) is 37.6 Å². The molecule has 6 heteroatoms. The highest BCUT2D eigenvalue weighted by Gasteiger charge is 2.31. The van der Waals surface area contributed by atoms with Crippen molar-refractivity contribution < 1.29 is 18.3 Å². The number of rotatable bonds is 3. The standard InChI is InChI=1S/C15H21F3N2O/c1-14(2,21)11-19-6-8-20(9-7-19)13-5-3-4-12(10-13)15(16,17)18/h3-5,10,21H,6-9,11H2,1-2H3. The molecule has 0 amide bonds. The highest BCUT2D eigenvalue weighted by molar-refractivity contribution is 5.49. The van der Waals surface area contributed by atoms with Crippen LogP contribution in [0.15, 0.2) is 24.3 Å². The maximum atomic E-state index is 12.7. The molecule has 0 saturated carbocycles. The van der Waals surface area contributed by atoms with Gasteiger partial charge in [-0.25, -0.2) is 0 Å². The van der Waals surface area contributed by atoms with E-state index in [0.29, 0.717) is 25.3 Å². The molecular weight excluding hydrogens is 281 g/mol. The van der Waals surface area contributed by atoms with Crippen molar-refractivity contribution in [2.45, 2.75) is 25.6 Å². The lowest BCUT2D eigenvalue weighted by Crippen LogP contribution is -2.50. The Morgan fingerprint density at radius 3 is 2.24 bits per heavy atom. The van der Waals surface area contributed by atoms with E-state index in [4.69, 9.17) is 0 Å². The minimum absolute atomic E-state index is 0.573. The van der Waals surface area contributed by atoms with Gasteiger partial charge in [0.25, 0.3) is 0 Å². The third-order valence-corrected chi connectivity index (χ3v) is 3.52. The van der Waals surface area contributed by atoms with Crippen LogP contribution in [0.3, 0.4) is 0 Å². The molecule has 1 aromatic carbocycles. The lowest BCUT2D eigenvalue weighted by molar-refractivity contribution is -0.137. The summed E-state index contributed by atoms with van der Waals surface area (Å²) in [6, 6.07) is 5.45. The summed E-state index contributed by atoms with van der Waals surface area (Å²) in [5, 5.41) is 9.80. The molecule has 2 rings (SSSR count). The fraction of sp³-hybridized carbons (Fsp3) is 0.600. The predicted octanol–water partition coefficient (Wildman–Crippen LogP) is 2.60. The highest BCUT2D eigenvalue weighted by Crippen LogP contribution is 2.31. The van der Waals surface area contributed by atoms with Gasteiger partial charge in [-0.3, -0.25) is 4.90 Å². The second-order valence-corrected chi connectivity index (χ2v) is 6.12. The van der Waals surface area contributed by atoms with Gasteiger partial charge in [-0.05, 0) is 32.0 Å². The van der Waals surface area contributed by atoms with E-state index in [1.807, 2.05) is 4.90 Å². The first kappa shape index (κ1) is 16.1. The van der Waals surface area contributed by atoms with E-state index >= 15 is 0 Å². The Bertz CT molecular complexity index is 475. The number of piperazine rings is 1. The lowest BCUT2D eigenvalue weighted by Gasteiger charge is -2.38. The summed E-state index contributed by atoms with van der Waals surface area (Å²) in [4.78, 5) is 4.08. The van der Waals surface area contributed by atoms with E-state index in [2.05, 4.69) is 4.90 Å². The number of hydrogen-bond donors (Lipinski definition) is 1. The van der Waals surface area contributed by atoms with Crippen LogP contribution in [0.5, 0.6) is 0 Å². The summed E-state index contributed by atoms with van der Waals surface area (Å²) in [6.45, 7) is 6.89. The Morgan fingerprint density at radius 2 is 1.71 bits per heavy atom. The van der Waals surface area contributed by atoms with Gasteiger partial charge in [-0.15, -0.1) is 0 Å². The van der Waals surface area contributed by atoms with E-state index < -0.39 is 17.3 Å². The van der Waals surface area contributed by atoms with Gasteiger partial charge in [0, 0.05) is 38.4 Å². The smallest absolute Gasteiger partial charge is 0.389 e. The van der Waals surface area contributed by atoms with Crippen LogP contribution in [0.1, 0.15) is 19.4 Å². The van der Waals surface area contributed by atoms with Crippen LogP contribution in [0, 0.1) is 0 Å². The van der Waals surface area contributed by atoms with Gasteiger partial charge in [0.2, 0.25) is 0 Å². The summed E-state index contributed by atoms with van der Waals surface area (Å²) in [5.41, 5.74) is -0.759. The Morgan fingerprint density at radius 1 is 1.10 bits per heavy atom. The molecule has 3 nitrogen and oxygen atoms in total. The summed E-state index contributed by atoms with van der Waals surface area (Å²) in [6.07, 6.45) is -4.31. The maximum Gasteiger partial charge on any atom is 0.416 e. The molecule has 1 aliphatic rings. The van der Waals surface area contributed by atoms with E-state index in [0.717, 1.165) is 19.2 Å². The first-order valence-electron chi connectivity index (χ1n) is 7.02. The van der Waals surface area contributed by atoms with Crippen LogP contribution in [0.25, 0.3) is 0 Å². The summed E-state index contributed by atoms with van der Waals surface area (Å²) >= 11 is 0. The van der Waals surface area contributed by atoms with Crippen LogP contribution in [0.4, 0.5) is 18.9 Å². The van der Waals surface area contributed by atoms with E-state index in [9.17, 15) is 18.3 Å². The highest BCUT2D eigenvalue weighted by atomic mass is 19.4. The van der Waals surface area contributed by atoms with Crippen LogP contribution in [0.2, 0.25) is 0 Å². The molecule has 21 heavy (non-hydrogen) atoms. The van der Waals surface area contributed by atoms with Gasteiger partial charge in [-0.1, -0.05) is 6.07 Å². The predicted molar refractivity (Wildman–Crippen MR) is 76.4 cm³/mol. The van der Waals surface area contributed by atoms with Gasteiger partial charge in [0.15, 0.2) is 0 Å². The fourth-order valence-corrected chi connectivity index (χ4v) is 2.59. The van der Waals surface area contributed by atoms with Crippen molar-refractivity contribution in [3.05, 3.63) is 29.8 Å². The van der Waals surface area contributed by atoms with Gasteiger partial charge >= 0.3 is 6.18 Å². The van der Waals surface area contributed by atoms with Gasteiger partial charge < -0.3 is 10.0 Å². The lowest BCUT2D eigenvalue weighted by atomic mass is 10.1. The molecule has 0 unspecified atom stereocenters. The zero-order valence-electron chi connectivity index (χ0n) is 12.3. The minimum atomic E-state index is -4.31. The molecule has 1 N–H and O–H groups in total. The molecule has 118 valence electrons. The number of aliphatic hydroxyl groups is 1. The van der Waals surface area contributed by atoms with Crippen LogP contribution in [-0.2, 0) is 6.18 Å². The number of nitrogens with zero attached hydrogens (tertiary/aromatic N) is 2. The molecule has 1 saturated heterocycles. The average molecular weight is 302 g/mol. The van der Waals surface area contributed by atoms with Crippen molar-refractivity contribution in [1.82, 2.24) is 4.90 Å². The minimum Gasteiger partial charge on any atom is -0.389 e. The van der Waals surface area contributed by atoms with Crippen molar-refractivity contribution >= 4 is 5.69 Å². The van der Waals surface area contributed by atoms with Crippen molar-refractivity contribution in [2.24, 2.45) is 0 Å². The summed E-state index contributed by atoms with van der Waals surface area (Å²) in [7, 11) is 0. The molecule has 0 aliphatic carbocycles. The fourth-order valence-electron chi connectivity index (χ4n) is 2.59. The zero-order chi connectivity index (χ0) is 15.7. The van der Waals surface area contributed by atoms with E-state index in [1.165, 1.54) is 12.1 Å². The molecule has 1 aromatic rings. The number of alkyl halides is 3. The Balaban J connectivity index is 1.99. The molecule has 0 spiro atoms. The number of hydrogen-bond acceptors (Lipinski definition) is 3. The molecule has 0 bridgehead atoms. The van der Waals surface area contributed by atoms with Gasteiger partial charge in [0.1, 0.15) is 0 Å². The maximum absolute atomic E-state index is 12.7. The SMILES string of the molecule is CC(C)(O)CN1CCN(c2cccc(C(F)(F)F)c2)CC1. The first-order chi connectivity index (χ1) is 9.65. The van der Waals surface area contributed by atoms with Crippen LogP contribution >= 0.6 is 0 Å². The third kappa shape index (κ3) is 4.61.